The Morgan fingerprint density at radius 1 is 1.29 bits per heavy atom. The van der Waals surface area contributed by atoms with E-state index in [0.717, 1.165) is 12.1 Å². The third-order valence-corrected chi connectivity index (χ3v) is 3.44. The minimum Gasteiger partial charge on any atom is -0.481 e. The molecule has 21 heavy (non-hydrogen) atoms. The number of hydrogen-bond donors (Lipinski definition) is 1. The highest BCUT2D eigenvalue weighted by molar-refractivity contribution is 5.66. The van der Waals surface area contributed by atoms with E-state index in [-0.39, 0.29) is 18.5 Å². The second-order valence-corrected chi connectivity index (χ2v) is 5.27. The lowest BCUT2D eigenvalue weighted by Crippen LogP contribution is -2.35. The average molecular weight is 303 g/mol. The zero-order valence-corrected chi connectivity index (χ0v) is 12.3. The molecule has 6 heteroatoms. The van der Waals surface area contributed by atoms with Gasteiger partial charge in [-0.05, 0) is 38.5 Å². The summed E-state index contributed by atoms with van der Waals surface area (Å²) in [5.74, 6) is -0.920. The number of halogens is 3. The van der Waals surface area contributed by atoms with Crippen LogP contribution in [0.2, 0.25) is 0 Å². The molecule has 0 aliphatic heterocycles. The molecule has 0 radical (unpaired) electrons. The Balaban J connectivity index is 2.98. The predicted molar refractivity (Wildman–Crippen MR) is 74.0 cm³/mol. The van der Waals surface area contributed by atoms with Gasteiger partial charge >= 0.3 is 12.1 Å². The molecule has 0 saturated carbocycles. The molecule has 0 heterocycles. The van der Waals surface area contributed by atoms with E-state index in [2.05, 4.69) is 0 Å². The van der Waals surface area contributed by atoms with Crippen LogP contribution in [0, 0.1) is 0 Å². The van der Waals surface area contributed by atoms with Crippen molar-refractivity contribution < 1.29 is 23.1 Å². The number of benzene rings is 1. The summed E-state index contributed by atoms with van der Waals surface area (Å²) < 4.78 is 38.3. The Morgan fingerprint density at radius 3 is 2.38 bits per heavy atom. The van der Waals surface area contributed by atoms with Crippen LogP contribution in [-0.2, 0) is 11.0 Å². The van der Waals surface area contributed by atoms with Crippen LogP contribution in [0.5, 0.6) is 0 Å². The first kappa shape index (κ1) is 17.5. The fourth-order valence-corrected chi connectivity index (χ4v) is 2.29. The van der Waals surface area contributed by atoms with Gasteiger partial charge in [-0.15, -0.1) is 0 Å². The molecule has 1 aromatic carbocycles. The van der Waals surface area contributed by atoms with E-state index in [1.807, 2.05) is 18.7 Å². The van der Waals surface area contributed by atoms with Crippen LogP contribution >= 0.6 is 0 Å². The van der Waals surface area contributed by atoms with Crippen molar-refractivity contribution in [2.24, 2.45) is 0 Å². The molecular formula is C15H20F3NO2. The second-order valence-electron chi connectivity index (χ2n) is 5.27. The highest BCUT2D eigenvalue weighted by atomic mass is 19.4. The molecule has 0 amide bonds. The number of carbonyl (C=O) groups is 1. The zero-order valence-electron chi connectivity index (χ0n) is 12.3. The van der Waals surface area contributed by atoms with Crippen LogP contribution in [0.15, 0.2) is 24.3 Å². The summed E-state index contributed by atoms with van der Waals surface area (Å²) in [5, 5.41) is 8.77. The molecule has 1 unspecified atom stereocenters. The number of hydrogen-bond acceptors (Lipinski definition) is 2. The fourth-order valence-electron chi connectivity index (χ4n) is 2.29. The van der Waals surface area contributed by atoms with Crippen molar-refractivity contribution in [1.82, 2.24) is 4.90 Å². The lowest BCUT2D eigenvalue weighted by atomic mass is 10.0. The van der Waals surface area contributed by atoms with Gasteiger partial charge in [0.05, 0.1) is 12.0 Å². The lowest BCUT2D eigenvalue weighted by molar-refractivity contribution is -0.138. The summed E-state index contributed by atoms with van der Waals surface area (Å²) in [5.41, 5.74) is -0.155. The minimum atomic E-state index is -4.38. The average Bonchev–Trinajstić information content (AvgIpc) is 2.37. The van der Waals surface area contributed by atoms with Crippen LogP contribution in [0.1, 0.15) is 44.4 Å². The zero-order chi connectivity index (χ0) is 16.2. The molecule has 0 saturated heterocycles. The maximum absolute atomic E-state index is 12.8. The maximum atomic E-state index is 12.8. The van der Waals surface area contributed by atoms with Gasteiger partial charge in [0.25, 0.3) is 0 Å². The highest BCUT2D eigenvalue weighted by Gasteiger charge is 2.31. The van der Waals surface area contributed by atoms with Gasteiger partial charge in [0.15, 0.2) is 0 Å². The first-order valence-electron chi connectivity index (χ1n) is 6.77. The SMILES string of the molecule is CC(C)N(CCC(=O)O)C(C)c1cccc(C(F)(F)F)c1. The van der Waals surface area contributed by atoms with Gasteiger partial charge in [0.2, 0.25) is 0 Å². The lowest BCUT2D eigenvalue weighted by Gasteiger charge is -2.33. The summed E-state index contributed by atoms with van der Waals surface area (Å²) in [6, 6.07) is 4.93. The third kappa shape index (κ3) is 5.04. The van der Waals surface area contributed by atoms with Crippen LogP contribution in [0.3, 0.4) is 0 Å². The molecule has 0 spiro atoms. The number of nitrogens with zero attached hydrogens (tertiary/aromatic N) is 1. The van der Waals surface area contributed by atoms with Crippen molar-refractivity contribution in [3.8, 4) is 0 Å². The molecule has 118 valence electrons. The first-order valence-corrected chi connectivity index (χ1v) is 6.77. The van der Waals surface area contributed by atoms with Gasteiger partial charge in [-0.2, -0.15) is 13.2 Å². The molecule has 1 atom stereocenters. The van der Waals surface area contributed by atoms with E-state index < -0.39 is 17.7 Å². The van der Waals surface area contributed by atoms with Crippen LogP contribution in [0.25, 0.3) is 0 Å². The Morgan fingerprint density at radius 2 is 1.90 bits per heavy atom. The van der Waals surface area contributed by atoms with E-state index in [1.165, 1.54) is 6.07 Å². The molecule has 1 aromatic rings. The van der Waals surface area contributed by atoms with Crippen LogP contribution < -0.4 is 0 Å². The van der Waals surface area contributed by atoms with Crippen LogP contribution in [-0.4, -0.2) is 28.6 Å². The fraction of sp³-hybridized carbons (Fsp3) is 0.533. The molecule has 0 aliphatic carbocycles. The van der Waals surface area contributed by atoms with Crippen molar-refractivity contribution in [1.29, 1.82) is 0 Å². The largest absolute Gasteiger partial charge is 0.481 e. The van der Waals surface area contributed by atoms with E-state index in [9.17, 15) is 18.0 Å². The molecule has 3 nitrogen and oxygen atoms in total. The number of rotatable bonds is 6. The first-order chi connectivity index (χ1) is 9.62. The number of carboxylic acids is 1. The highest BCUT2D eigenvalue weighted by Crippen LogP contribution is 2.32. The number of aliphatic carboxylic acids is 1. The minimum absolute atomic E-state index is 0.0360. The van der Waals surface area contributed by atoms with Crippen molar-refractivity contribution in [3.05, 3.63) is 35.4 Å². The third-order valence-electron chi connectivity index (χ3n) is 3.44. The van der Waals surface area contributed by atoms with Gasteiger partial charge in [-0.25, -0.2) is 0 Å². The van der Waals surface area contributed by atoms with E-state index >= 15 is 0 Å². The molecule has 0 aliphatic rings. The number of alkyl halides is 3. The molecule has 0 aromatic heterocycles. The summed E-state index contributed by atoms with van der Waals surface area (Å²) >= 11 is 0. The topological polar surface area (TPSA) is 40.5 Å². The van der Waals surface area contributed by atoms with E-state index in [1.54, 1.807) is 13.0 Å². The summed E-state index contributed by atoms with van der Waals surface area (Å²) in [7, 11) is 0. The predicted octanol–water partition coefficient (Wildman–Crippen LogP) is 3.95. The number of carboxylic acid groups (broad SMARTS) is 1. The second kappa shape index (κ2) is 6.93. The maximum Gasteiger partial charge on any atom is 0.416 e. The normalized spacial score (nSPS) is 13.7. The Hall–Kier alpha value is -1.56. The molecule has 0 fully saturated rings. The Bertz CT molecular complexity index is 486. The molecule has 0 bridgehead atoms. The Kier molecular flexibility index (Phi) is 5.78. The summed E-state index contributed by atoms with van der Waals surface area (Å²) in [4.78, 5) is 12.6. The van der Waals surface area contributed by atoms with Crippen molar-refractivity contribution in [2.75, 3.05) is 6.54 Å². The Labute approximate surface area is 122 Å². The summed E-state index contributed by atoms with van der Waals surface area (Å²) in [6.45, 7) is 5.87. The quantitative estimate of drug-likeness (QED) is 0.865. The molecule has 1 rings (SSSR count). The van der Waals surface area contributed by atoms with Gasteiger partial charge < -0.3 is 5.11 Å². The van der Waals surface area contributed by atoms with Crippen molar-refractivity contribution >= 4 is 5.97 Å². The van der Waals surface area contributed by atoms with Gasteiger partial charge in [-0.3, -0.25) is 9.69 Å². The van der Waals surface area contributed by atoms with Gasteiger partial charge in [0.1, 0.15) is 0 Å². The standard InChI is InChI=1S/C15H20F3NO2/c1-10(2)19(8-7-14(20)21)11(3)12-5-4-6-13(9-12)15(16,17)18/h4-6,9-11H,7-8H2,1-3H3,(H,20,21). The summed E-state index contributed by atoms with van der Waals surface area (Å²) in [6.07, 6.45) is -4.42. The monoisotopic (exact) mass is 303 g/mol. The molecular weight excluding hydrogens is 283 g/mol. The van der Waals surface area contributed by atoms with E-state index in [4.69, 9.17) is 5.11 Å². The smallest absolute Gasteiger partial charge is 0.416 e. The van der Waals surface area contributed by atoms with Gasteiger partial charge in [0, 0.05) is 18.6 Å². The van der Waals surface area contributed by atoms with Crippen molar-refractivity contribution in [3.63, 3.8) is 0 Å². The van der Waals surface area contributed by atoms with E-state index in [0.29, 0.717) is 12.1 Å². The molecule has 1 N–H and O–H groups in total. The van der Waals surface area contributed by atoms with Crippen molar-refractivity contribution in [2.45, 2.75) is 45.5 Å². The van der Waals surface area contributed by atoms with Crippen LogP contribution in [0.4, 0.5) is 13.2 Å². The van der Waals surface area contributed by atoms with Gasteiger partial charge in [-0.1, -0.05) is 12.1 Å².